The first-order chi connectivity index (χ1) is 17.8. The maximum absolute atomic E-state index is 9.02. The number of ether oxygens (including phenoxy) is 2. The molecule has 0 radical (unpaired) electrons. The number of benzene rings is 2. The smallest absolute Gasteiger partial charge is 0.0681 e. The van der Waals surface area contributed by atoms with Crippen LogP contribution in [0.15, 0.2) is 48.5 Å². The van der Waals surface area contributed by atoms with Gasteiger partial charge in [0, 0.05) is 10.8 Å². The van der Waals surface area contributed by atoms with Crippen LogP contribution in [0.1, 0.15) is 90.7 Å². The molecule has 4 heteroatoms. The highest BCUT2D eigenvalue weighted by Crippen LogP contribution is 2.38. The van der Waals surface area contributed by atoms with Crippen molar-refractivity contribution in [1.29, 1.82) is 0 Å². The van der Waals surface area contributed by atoms with Gasteiger partial charge in [-0.25, -0.2) is 0 Å². The van der Waals surface area contributed by atoms with Crippen LogP contribution in [-0.4, -0.2) is 43.2 Å². The van der Waals surface area contributed by atoms with Gasteiger partial charge in [0.25, 0.3) is 0 Å². The van der Waals surface area contributed by atoms with Crippen molar-refractivity contribution in [3.05, 3.63) is 59.7 Å². The van der Waals surface area contributed by atoms with Crippen molar-refractivity contribution in [1.82, 2.24) is 0 Å². The minimum absolute atomic E-state index is 0.104. The molecule has 0 amide bonds. The molecule has 0 saturated carbocycles. The summed E-state index contributed by atoms with van der Waals surface area (Å²) in [5.41, 5.74) is 5.48. The first-order valence-electron chi connectivity index (χ1n) is 14.4. The van der Waals surface area contributed by atoms with Gasteiger partial charge in [-0.1, -0.05) is 96.5 Å². The fraction of sp³-hybridized carbons (Fsp3) is 0.636. The van der Waals surface area contributed by atoms with E-state index in [0.717, 1.165) is 44.3 Å². The third-order valence-corrected chi connectivity index (χ3v) is 8.51. The molecule has 2 aromatic rings. The number of hydrogen-bond acceptors (Lipinski definition) is 4. The third kappa shape index (κ3) is 9.21. The summed E-state index contributed by atoms with van der Waals surface area (Å²) in [6.07, 6.45) is 6.16. The zero-order chi connectivity index (χ0) is 27.3. The maximum Gasteiger partial charge on any atom is 0.0681 e. The molecule has 2 heterocycles. The quantitative estimate of drug-likeness (QED) is 0.344. The van der Waals surface area contributed by atoms with Crippen molar-refractivity contribution < 1.29 is 19.7 Å². The minimum Gasteiger partial charge on any atom is -0.396 e. The SMILES string of the molecule is CCC(C)CC1(CC)COC1.CCC(C)c1ccc(-c2ccc(CO)cc2)cc1.CCC1(CO)COC1. The van der Waals surface area contributed by atoms with E-state index < -0.39 is 0 Å². The van der Waals surface area contributed by atoms with Crippen LogP contribution in [0, 0.1) is 16.7 Å². The van der Waals surface area contributed by atoms with E-state index in [-0.39, 0.29) is 18.6 Å². The molecule has 2 saturated heterocycles. The lowest BCUT2D eigenvalue weighted by atomic mass is 9.75. The zero-order valence-electron chi connectivity index (χ0n) is 24.3. The molecular formula is C33H52O4. The van der Waals surface area contributed by atoms with Gasteiger partial charge >= 0.3 is 0 Å². The predicted molar refractivity (Wildman–Crippen MR) is 155 cm³/mol. The Morgan fingerprint density at radius 1 is 0.703 bits per heavy atom. The first kappa shape index (κ1) is 31.5. The molecule has 2 atom stereocenters. The minimum atomic E-state index is 0.104. The lowest BCUT2D eigenvalue weighted by Gasteiger charge is -2.42. The highest BCUT2D eigenvalue weighted by atomic mass is 16.5. The van der Waals surface area contributed by atoms with Crippen molar-refractivity contribution in [3.63, 3.8) is 0 Å². The lowest BCUT2D eigenvalue weighted by Crippen LogP contribution is -2.44. The highest BCUT2D eigenvalue weighted by Gasteiger charge is 2.37. The van der Waals surface area contributed by atoms with Crippen LogP contribution >= 0.6 is 0 Å². The Morgan fingerprint density at radius 3 is 1.49 bits per heavy atom. The van der Waals surface area contributed by atoms with Crippen molar-refractivity contribution in [2.75, 3.05) is 33.0 Å². The molecule has 0 bridgehead atoms. The zero-order valence-corrected chi connectivity index (χ0v) is 24.3. The molecule has 2 unspecified atom stereocenters. The largest absolute Gasteiger partial charge is 0.396 e. The van der Waals surface area contributed by atoms with Crippen molar-refractivity contribution in [2.45, 2.75) is 86.2 Å². The molecule has 2 fully saturated rings. The normalized spacial score (nSPS) is 18.6. The van der Waals surface area contributed by atoms with E-state index in [1.807, 2.05) is 12.1 Å². The standard InChI is InChI=1S/C17H20O.C10H20O.C6H12O2/c1-3-13(2)15-8-10-17(11-9-15)16-6-4-14(12-18)5-7-16;1-4-9(3)6-10(5-2)7-11-8-10;1-2-6(3-7)4-8-5-6/h4-11,13,18H,3,12H2,1-2H3;9H,4-8H2,1-3H3;7H,2-5H2,1H3. The van der Waals surface area contributed by atoms with Crippen LogP contribution in [0.3, 0.4) is 0 Å². The molecule has 2 N–H and O–H groups in total. The van der Waals surface area contributed by atoms with Crippen LogP contribution in [0.25, 0.3) is 11.1 Å². The number of aliphatic hydroxyl groups is 2. The number of rotatable bonds is 10. The van der Waals surface area contributed by atoms with Crippen molar-refractivity contribution in [3.8, 4) is 11.1 Å². The van der Waals surface area contributed by atoms with Gasteiger partial charge in [-0.15, -0.1) is 0 Å². The van der Waals surface area contributed by atoms with Gasteiger partial charge in [-0.2, -0.15) is 0 Å². The predicted octanol–water partition coefficient (Wildman–Crippen LogP) is 7.61. The summed E-state index contributed by atoms with van der Waals surface area (Å²) < 4.78 is 10.2. The van der Waals surface area contributed by atoms with E-state index in [0.29, 0.717) is 11.3 Å². The van der Waals surface area contributed by atoms with Gasteiger partial charge < -0.3 is 19.7 Å². The number of aliphatic hydroxyl groups excluding tert-OH is 2. The molecule has 37 heavy (non-hydrogen) atoms. The van der Waals surface area contributed by atoms with Crippen LogP contribution < -0.4 is 0 Å². The van der Waals surface area contributed by atoms with E-state index in [1.165, 1.54) is 42.4 Å². The lowest BCUT2D eigenvalue weighted by molar-refractivity contribution is -0.138. The molecule has 4 rings (SSSR count). The fourth-order valence-electron chi connectivity index (χ4n) is 4.58. The summed E-state index contributed by atoms with van der Waals surface area (Å²) in [5, 5.41) is 17.8. The Kier molecular flexibility index (Phi) is 13.3. The monoisotopic (exact) mass is 512 g/mol. The van der Waals surface area contributed by atoms with Crippen molar-refractivity contribution >= 4 is 0 Å². The fourth-order valence-corrected chi connectivity index (χ4v) is 4.58. The van der Waals surface area contributed by atoms with Gasteiger partial charge in [0.2, 0.25) is 0 Å². The topological polar surface area (TPSA) is 58.9 Å². The molecule has 208 valence electrons. The van der Waals surface area contributed by atoms with Gasteiger partial charge in [0.1, 0.15) is 0 Å². The highest BCUT2D eigenvalue weighted by molar-refractivity contribution is 5.64. The summed E-state index contributed by atoms with van der Waals surface area (Å²) in [5.74, 6) is 1.50. The van der Waals surface area contributed by atoms with E-state index >= 15 is 0 Å². The second kappa shape index (κ2) is 15.6. The van der Waals surface area contributed by atoms with E-state index in [2.05, 4.69) is 77.9 Å². The van der Waals surface area contributed by atoms with Gasteiger partial charge in [-0.05, 0) is 59.8 Å². The van der Waals surface area contributed by atoms with Crippen LogP contribution in [0.4, 0.5) is 0 Å². The molecule has 2 aliphatic heterocycles. The third-order valence-electron chi connectivity index (χ3n) is 8.51. The van der Waals surface area contributed by atoms with Gasteiger partial charge in [0.05, 0.1) is 39.6 Å². The number of hydrogen-bond donors (Lipinski definition) is 2. The molecular weight excluding hydrogens is 460 g/mol. The molecule has 4 nitrogen and oxygen atoms in total. The summed E-state index contributed by atoms with van der Waals surface area (Å²) in [7, 11) is 0. The summed E-state index contributed by atoms with van der Waals surface area (Å²) in [6.45, 7) is 17.3. The Labute approximate surface area is 226 Å². The summed E-state index contributed by atoms with van der Waals surface area (Å²) in [6, 6.07) is 16.8. The Balaban J connectivity index is 0.000000215. The van der Waals surface area contributed by atoms with Crippen LogP contribution in [0.2, 0.25) is 0 Å². The second-order valence-corrected chi connectivity index (χ2v) is 11.4. The van der Waals surface area contributed by atoms with Crippen molar-refractivity contribution in [2.24, 2.45) is 16.7 Å². The van der Waals surface area contributed by atoms with Crippen LogP contribution in [-0.2, 0) is 16.1 Å². The van der Waals surface area contributed by atoms with E-state index in [9.17, 15) is 0 Å². The Morgan fingerprint density at radius 2 is 1.19 bits per heavy atom. The average Bonchev–Trinajstić information content (AvgIpc) is 2.91. The molecule has 2 aliphatic rings. The molecule has 0 aromatic heterocycles. The average molecular weight is 513 g/mol. The first-order valence-corrected chi connectivity index (χ1v) is 14.4. The van der Waals surface area contributed by atoms with Crippen LogP contribution in [0.5, 0.6) is 0 Å². The second-order valence-electron chi connectivity index (χ2n) is 11.4. The van der Waals surface area contributed by atoms with E-state index in [4.69, 9.17) is 19.7 Å². The van der Waals surface area contributed by atoms with Gasteiger partial charge in [-0.3, -0.25) is 0 Å². The van der Waals surface area contributed by atoms with E-state index in [1.54, 1.807) is 0 Å². The maximum atomic E-state index is 9.02. The summed E-state index contributed by atoms with van der Waals surface area (Å²) in [4.78, 5) is 0. The van der Waals surface area contributed by atoms with Gasteiger partial charge in [0.15, 0.2) is 0 Å². The Hall–Kier alpha value is -1.72. The molecule has 0 aliphatic carbocycles. The Bertz CT molecular complexity index is 847. The molecule has 0 spiro atoms. The summed E-state index contributed by atoms with van der Waals surface area (Å²) >= 11 is 0. The molecule has 2 aromatic carbocycles.